The minimum atomic E-state index is -0.620. The second kappa shape index (κ2) is 9.93. The predicted octanol–water partition coefficient (Wildman–Crippen LogP) is 5.66. The highest BCUT2D eigenvalue weighted by atomic mass is 35.5. The van der Waals surface area contributed by atoms with Crippen LogP contribution in [0.4, 0.5) is 14.5 Å². The number of rotatable bonds is 7. The maximum atomic E-state index is 14.4. The van der Waals surface area contributed by atoms with E-state index in [0.717, 1.165) is 23.4 Å². The summed E-state index contributed by atoms with van der Waals surface area (Å²) in [4.78, 5) is 12.4. The van der Waals surface area contributed by atoms with Crippen LogP contribution in [-0.4, -0.2) is 26.4 Å². The number of thioether (sulfide) groups is 1. The van der Waals surface area contributed by atoms with Gasteiger partial charge in [0.15, 0.2) is 11.0 Å². The summed E-state index contributed by atoms with van der Waals surface area (Å²) in [5.74, 6) is -1.13. The Balaban J connectivity index is 1.56. The van der Waals surface area contributed by atoms with Crippen LogP contribution in [0.25, 0.3) is 11.4 Å². The van der Waals surface area contributed by atoms with E-state index in [1.807, 2.05) is 30.3 Å². The van der Waals surface area contributed by atoms with Crippen LogP contribution in [0.15, 0.2) is 78.0 Å². The highest BCUT2D eigenvalue weighted by Gasteiger charge is 2.18. The smallest absolute Gasteiger partial charge is 0.234 e. The molecular weight excluding hydrogens is 454 g/mol. The molecule has 4 rings (SSSR count). The molecule has 0 spiro atoms. The molecule has 0 aliphatic heterocycles. The molecule has 9 heteroatoms. The molecule has 0 aliphatic rings. The van der Waals surface area contributed by atoms with Gasteiger partial charge >= 0.3 is 0 Å². The number of hydrogen-bond donors (Lipinski definition) is 1. The molecule has 1 heterocycles. The van der Waals surface area contributed by atoms with Crippen molar-refractivity contribution in [3.05, 3.63) is 95.0 Å². The zero-order valence-electron chi connectivity index (χ0n) is 16.6. The largest absolute Gasteiger partial charge is 0.323 e. The number of nitrogens with zero attached hydrogens (tertiary/aromatic N) is 3. The standard InChI is InChI=1S/C23H17ClF2N4OS/c24-16-10-11-20(19(26)12-16)27-21(31)14-32-23-29-28-22(17-8-4-5-9-18(17)25)30(23)13-15-6-2-1-3-7-15/h1-12H,13-14H2,(H,27,31). The molecule has 0 saturated carbocycles. The summed E-state index contributed by atoms with van der Waals surface area (Å²) in [5, 5.41) is 11.5. The Labute approximate surface area is 192 Å². The van der Waals surface area contributed by atoms with Gasteiger partial charge in [-0.3, -0.25) is 9.36 Å². The van der Waals surface area contributed by atoms with Gasteiger partial charge in [-0.15, -0.1) is 10.2 Å². The van der Waals surface area contributed by atoms with Crippen molar-refractivity contribution in [3.63, 3.8) is 0 Å². The number of halogens is 3. The van der Waals surface area contributed by atoms with E-state index in [0.29, 0.717) is 23.1 Å². The van der Waals surface area contributed by atoms with Crippen molar-refractivity contribution in [2.75, 3.05) is 11.1 Å². The molecule has 0 atom stereocenters. The minimum absolute atomic E-state index is 0.0355. The van der Waals surface area contributed by atoms with Crippen molar-refractivity contribution in [2.24, 2.45) is 0 Å². The summed E-state index contributed by atoms with van der Waals surface area (Å²) < 4.78 is 30.1. The fourth-order valence-corrected chi connectivity index (χ4v) is 3.95. The Morgan fingerprint density at radius 3 is 2.47 bits per heavy atom. The lowest BCUT2D eigenvalue weighted by atomic mass is 10.2. The summed E-state index contributed by atoms with van der Waals surface area (Å²) in [5.41, 5.74) is 1.33. The van der Waals surface area contributed by atoms with E-state index in [9.17, 15) is 13.6 Å². The quantitative estimate of drug-likeness (QED) is 0.354. The van der Waals surface area contributed by atoms with Crippen LogP contribution in [0.1, 0.15) is 5.56 Å². The second-order valence-corrected chi connectivity index (χ2v) is 8.20. The Hall–Kier alpha value is -3.23. The van der Waals surface area contributed by atoms with E-state index in [4.69, 9.17) is 11.6 Å². The summed E-state index contributed by atoms with van der Waals surface area (Å²) in [6.45, 7) is 0.396. The van der Waals surface area contributed by atoms with Crippen LogP contribution in [0.2, 0.25) is 5.02 Å². The van der Waals surface area contributed by atoms with Gasteiger partial charge in [-0.25, -0.2) is 8.78 Å². The van der Waals surface area contributed by atoms with Gasteiger partial charge in [-0.1, -0.05) is 65.8 Å². The van der Waals surface area contributed by atoms with Gasteiger partial charge in [0.2, 0.25) is 5.91 Å². The monoisotopic (exact) mass is 470 g/mol. The van der Waals surface area contributed by atoms with Crippen LogP contribution < -0.4 is 5.32 Å². The van der Waals surface area contributed by atoms with Crippen LogP contribution in [0.3, 0.4) is 0 Å². The molecule has 32 heavy (non-hydrogen) atoms. The first-order chi connectivity index (χ1) is 15.5. The summed E-state index contributed by atoms with van der Waals surface area (Å²) >= 11 is 6.87. The molecule has 0 radical (unpaired) electrons. The molecule has 0 saturated heterocycles. The van der Waals surface area contributed by atoms with Gasteiger partial charge in [0.1, 0.15) is 11.6 Å². The van der Waals surface area contributed by atoms with Gasteiger partial charge in [0.05, 0.1) is 23.5 Å². The molecule has 1 amide bonds. The van der Waals surface area contributed by atoms with Crippen LogP contribution in [0, 0.1) is 11.6 Å². The first kappa shape index (κ1) is 22.0. The minimum Gasteiger partial charge on any atom is -0.323 e. The molecule has 0 unspecified atom stereocenters. The van der Waals surface area contributed by atoms with Gasteiger partial charge in [-0.2, -0.15) is 0 Å². The van der Waals surface area contributed by atoms with Gasteiger partial charge in [0, 0.05) is 5.02 Å². The normalized spacial score (nSPS) is 10.8. The topological polar surface area (TPSA) is 59.8 Å². The van der Waals surface area contributed by atoms with Gasteiger partial charge in [0.25, 0.3) is 0 Å². The lowest BCUT2D eigenvalue weighted by Gasteiger charge is -2.11. The molecular formula is C23H17ClF2N4OS. The number of carbonyl (C=O) groups is 1. The summed E-state index contributed by atoms with van der Waals surface area (Å²) in [7, 11) is 0. The Morgan fingerprint density at radius 1 is 0.969 bits per heavy atom. The summed E-state index contributed by atoms with van der Waals surface area (Å²) in [6.07, 6.45) is 0. The summed E-state index contributed by atoms with van der Waals surface area (Å²) in [6, 6.07) is 19.9. The van der Waals surface area contributed by atoms with Gasteiger partial charge < -0.3 is 5.32 Å². The molecule has 0 bridgehead atoms. The van der Waals surface area contributed by atoms with Crippen molar-refractivity contribution in [1.29, 1.82) is 0 Å². The van der Waals surface area contributed by atoms with Crippen molar-refractivity contribution in [3.8, 4) is 11.4 Å². The zero-order valence-corrected chi connectivity index (χ0v) is 18.2. The molecule has 1 N–H and O–H groups in total. The number of benzene rings is 3. The van der Waals surface area contributed by atoms with Gasteiger partial charge in [-0.05, 0) is 35.9 Å². The number of nitrogens with one attached hydrogen (secondary N) is 1. The van der Waals surface area contributed by atoms with E-state index in [1.54, 1.807) is 22.8 Å². The predicted molar refractivity (Wildman–Crippen MR) is 122 cm³/mol. The molecule has 1 aromatic heterocycles. The molecule has 4 aromatic rings. The lowest BCUT2D eigenvalue weighted by Crippen LogP contribution is -2.15. The third kappa shape index (κ3) is 5.15. The average Bonchev–Trinajstić information content (AvgIpc) is 3.17. The van der Waals surface area contributed by atoms with E-state index in [2.05, 4.69) is 15.5 Å². The molecule has 0 fully saturated rings. The average molecular weight is 471 g/mol. The fourth-order valence-electron chi connectivity index (χ4n) is 3.05. The SMILES string of the molecule is O=C(CSc1nnc(-c2ccccc2F)n1Cc1ccccc1)Nc1ccc(Cl)cc1F. The van der Waals surface area contributed by atoms with Crippen molar-refractivity contribution >= 4 is 35.0 Å². The van der Waals surface area contributed by atoms with E-state index < -0.39 is 17.5 Å². The Kier molecular flexibility index (Phi) is 6.82. The Bertz CT molecular complexity index is 1250. The van der Waals surface area contributed by atoms with E-state index in [1.165, 1.54) is 18.2 Å². The van der Waals surface area contributed by atoms with E-state index in [-0.39, 0.29) is 16.5 Å². The molecule has 5 nitrogen and oxygen atoms in total. The Morgan fingerprint density at radius 2 is 1.72 bits per heavy atom. The highest BCUT2D eigenvalue weighted by molar-refractivity contribution is 7.99. The highest BCUT2D eigenvalue weighted by Crippen LogP contribution is 2.27. The van der Waals surface area contributed by atoms with Crippen LogP contribution in [0.5, 0.6) is 0 Å². The van der Waals surface area contributed by atoms with Crippen molar-refractivity contribution < 1.29 is 13.6 Å². The number of amides is 1. The fraction of sp³-hybridized carbons (Fsp3) is 0.0870. The first-order valence-corrected chi connectivity index (χ1v) is 11.0. The van der Waals surface area contributed by atoms with Crippen LogP contribution in [-0.2, 0) is 11.3 Å². The maximum absolute atomic E-state index is 14.4. The zero-order chi connectivity index (χ0) is 22.5. The second-order valence-electron chi connectivity index (χ2n) is 6.82. The molecule has 162 valence electrons. The number of hydrogen-bond acceptors (Lipinski definition) is 4. The third-order valence-electron chi connectivity index (χ3n) is 4.55. The van der Waals surface area contributed by atoms with Crippen molar-refractivity contribution in [1.82, 2.24) is 14.8 Å². The first-order valence-electron chi connectivity index (χ1n) is 9.61. The van der Waals surface area contributed by atoms with Crippen LogP contribution >= 0.6 is 23.4 Å². The third-order valence-corrected chi connectivity index (χ3v) is 5.75. The number of carbonyl (C=O) groups excluding carboxylic acids is 1. The number of aromatic nitrogens is 3. The van der Waals surface area contributed by atoms with E-state index >= 15 is 0 Å². The maximum Gasteiger partial charge on any atom is 0.234 e. The molecule has 3 aromatic carbocycles. The van der Waals surface area contributed by atoms with Crippen molar-refractivity contribution in [2.45, 2.75) is 11.7 Å². The molecule has 0 aliphatic carbocycles. The number of anilines is 1. The lowest BCUT2D eigenvalue weighted by molar-refractivity contribution is -0.113.